The van der Waals surface area contributed by atoms with Gasteiger partial charge in [-0.3, -0.25) is 0 Å². The Morgan fingerprint density at radius 2 is 1.73 bits per heavy atom. The van der Waals surface area contributed by atoms with Crippen LogP contribution in [0.1, 0.15) is 11.1 Å². The molecule has 2 aromatic carbocycles. The van der Waals surface area contributed by atoms with E-state index < -0.39 is 5.82 Å². The van der Waals surface area contributed by atoms with Crippen LogP contribution in [0.5, 0.6) is 17.2 Å². The molecular formula is C20H23FN2O3. The minimum Gasteiger partial charge on any atom is -0.493 e. The molecule has 0 fully saturated rings. The van der Waals surface area contributed by atoms with Crippen LogP contribution in [0.2, 0.25) is 0 Å². The lowest BCUT2D eigenvalue weighted by Gasteiger charge is -2.17. The van der Waals surface area contributed by atoms with Gasteiger partial charge in [0.15, 0.2) is 23.1 Å². The Balaban J connectivity index is 1.79. The van der Waals surface area contributed by atoms with Gasteiger partial charge in [-0.1, -0.05) is 6.07 Å². The number of methoxy groups -OCH3 is 2. The molecule has 26 heavy (non-hydrogen) atoms. The summed E-state index contributed by atoms with van der Waals surface area (Å²) in [6.07, 6.45) is 0.849. The smallest absolute Gasteiger partial charge is 0.166 e. The summed E-state index contributed by atoms with van der Waals surface area (Å²) in [5.74, 6) is 1.07. The minimum absolute atomic E-state index is 0.164. The number of halogens is 1. The van der Waals surface area contributed by atoms with Crippen LogP contribution in [0.25, 0.3) is 0 Å². The molecule has 0 spiro atoms. The highest BCUT2D eigenvalue weighted by molar-refractivity contribution is 5.43. The normalized spacial score (nSPS) is 10.5. The van der Waals surface area contributed by atoms with Gasteiger partial charge in [-0.15, -0.1) is 0 Å². The van der Waals surface area contributed by atoms with Gasteiger partial charge in [0.25, 0.3) is 0 Å². The summed E-state index contributed by atoms with van der Waals surface area (Å²) < 4.78 is 29.8. The Hall–Kier alpha value is -2.78. The Labute approximate surface area is 153 Å². The zero-order chi connectivity index (χ0) is 18.9. The largest absolute Gasteiger partial charge is 0.493 e. The van der Waals surface area contributed by atoms with Crippen molar-refractivity contribution in [2.75, 3.05) is 41.0 Å². The molecular weight excluding hydrogens is 335 g/mol. The first-order valence-corrected chi connectivity index (χ1v) is 8.29. The lowest BCUT2D eigenvalue weighted by atomic mass is 10.1. The van der Waals surface area contributed by atoms with Gasteiger partial charge in [-0.2, -0.15) is 5.26 Å². The highest BCUT2D eigenvalue weighted by Gasteiger charge is 2.07. The van der Waals surface area contributed by atoms with Crippen molar-refractivity contribution < 1.29 is 18.6 Å². The molecule has 2 rings (SSSR count). The highest BCUT2D eigenvalue weighted by Crippen LogP contribution is 2.27. The molecule has 0 amide bonds. The summed E-state index contributed by atoms with van der Waals surface area (Å²) in [5.41, 5.74) is 1.43. The SMILES string of the molecule is COc1ccc(CCN(C)CCOc2ccc(C#N)cc2F)cc1OC. The molecule has 0 N–H and O–H groups in total. The van der Waals surface area contributed by atoms with Crippen molar-refractivity contribution in [1.29, 1.82) is 5.26 Å². The topological polar surface area (TPSA) is 54.7 Å². The Kier molecular flexibility index (Phi) is 7.24. The maximum Gasteiger partial charge on any atom is 0.166 e. The standard InChI is InChI=1S/C20H23FN2O3/c1-23(9-8-15-4-7-19(24-2)20(13-15)25-3)10-11-26-18-6-5-16(14-22)12-17(18)21/h4-7,12-13H,8-11H2,1-3H3. The zero-order valence-corrected chi connectivity index (χ0v) is 15.3. The van der Waals surface area contributed by atoms with Crippen LogP contribution in [0.3, 0.4) is 0 Å². The second-order valence-corrected chi connectivity index (χ2v) is 5.85. The van der Waals surface area contributed by atoms with Crippen LogP contribution in [-0.2, 0) is 6.42 Å². The maximum absolute atomic E-state index is 13.8. The van der Waals surface area contributed by atoms with Crippen molar-refractivity contribution >= 4 is 0 Å². The quantitative estimate of drug-likeness (QED) is 0.689. The molecule has 0 aliphatic carbocycles. The summed E-state index contributed by atoms with van der Waals surface area (Å²) >= 11 is 0. The van der Waals surface area contributed by atoms with Gasteiger partial charge in [0.1, 0.15) is 6.61 Å². The fourth-order valence-corrected chi connectivity index (χ4v) is 2.47. The van der Waals surface area contributed by atoms with E-state index in [1.54, 1.807) is 20.3 Å². The van der Waals surface area contributed by atoms with Gasteiger partial charge in [-0.25, -0.2) is 4.39 Å². The third kappa shape index (κ3) is 5.36. The average molecular weight is 358 g/mol. The fraction of sp³-hybridized carbons (Fsp3) is 0.350. The molecule has 0 bridgehead atoms. The molecule has 5 nitrogen and oxygen atoms in total. The van der Waals surface area contributed by atoms with Crippen LogP contribution >= 0.6 is 0 Å². The van der Waals surface area contributed by atoms with Crippen LogP contribution < -0.4 is 14.2 Å². The fourth-order valence-electron chi connectivity index (χ4n) is 2.47. The van der Waals surface area contributed by atoms with Gasteiger partial charge in [-0.05, 0) is 49.4 Å². The summed E-state index contributed by atoms with van der Waals surface area (Å²) in [4.78, 5) is 2.11. The monoisotopic (exact) mass is 358 g/mol. The zero-order valence-electron chi connectivity index (χ0n) is 15.3. The minimum atomic E-state index is -0.517. The molecule has 0 saturated heterocycles. The van der Waals surface area contributed by atoms with Crippen LogP contribution in [0, 0.1) is 17.1 Å². The van der Waals surface area contributed by atoms with Crippen molar-refractivity contribution in [3.63, 3.8) is 0 Å². The van der Waals surface area contributed by atoms with Crippen molar-refractivity contribution in [2.45, 2.75) is 6.42 Å². The molecule has 2 aromatic rings. The van der Waals surface area contributed by atoms with Crippen LogP contribution in [0.4, 0.5) is 4.39 Å². The maximum atomic E-state index is 13.8. The number of rotatable bonds is 9. The lowest BCUT2D eigenvalue weighted by Crippen LogP contribution is -2.26. The van der Waals surface area contributed by atoms with Gasteiger partial charge >= 0.3 is 0 Å². The molecule has 0 unspecified atom stereocenters. The molecule has 0 aliphatic heterocycles. The summed E-state index contributed by atoms with van der Waals surface area (Å²) in [5, 5.41) is 8.74. The number of hydrogen-bond donors (Lipinski definition) is 0. The van der Waals surface area contributed by atoms with E-state index in [0.29, 0.717) is 24.7 Å². The van der Waals surface area contributed by atoms with E-state index in [2.05, 4.69) is 4.90 Å². The predicted molar refractivity (Wildman–Crippen MR) is 97.4 cm³/mol. The van der Waals surface area contributed by atoms with Crippen molar-refractivity contribution in [3.8, 4) is 23.3 Å². The molecule has 0 aromatic heterocycles. The van der Waals surface area contributed by atoms with Crippen molar-refractivity contribution in [2.24, 2.45) is 0 Å². The van der Waals surface area contributed by atoms with E-state index in [9.17, 15) is 4.39 Å². The van der Waals surface area contributed by atoms with E-state index in [0.717, 1.165) is 18.5 Å². The molecule has 0 saturated carbocycles. The predicted octanol–water partition coefficient (Wildman–Crippen LogP) is 3.27. The first-order chi connectivity index (χ1) is 12.6. The summed E-state index contributed by atoms with van der Waals surface area (Å²) in [6, 6.07) is 12.0. The van der Waals surface area contributed by atoms with E-state index in [1.807, 2.05) is 31.3 Å². The summed E-state index contributed by atoms with van der Waals surface area (Å²) in [6.45, 7) is 1.85. The number of hydrogen-bond acceptors (Lipinski definition) is 5. The summed E-state index contributed by atoms with van der Waals surface area (Å²) in [7, 11) is 5.22. The second-order valence-electron chi connectivity index (χ2n) is 5.85. The number of nitrogens with zero attached hydrogens (tertiary/aromatic N) is 2. The molecule has 138 valence electrons. The third-order valence-electron chi connectivity index (χ3n) is 4.02. The van der Waals surface area contributed by atoms with E-state index in [4.69, 9.17) is 19.5 Å². The van der Waals surface area contributed by atoms with Crippen LogP contribution in [0.15, 0.2) is 36.4 Å². The van der Waals surface area contributed by atoms with E-state index in [1.165, 1.54) is 12.1 Å². The first kappa shape index (κ1) is 19.5. The number of likely N-dealkylation sites (N-methyl/N-ethyl adjacent to an activating group) is 1. The Bertz CT molecular complexity index is 774. The molecule has 6 heteroatoms. The third-order valence-corrected chi connectivity index (χ3v) is 4.02. The van der Waals surface area contributed by atoms with Gasteiger partial charge in [0, 0.05) is 13.1 Å². The van der Waals surface area contributed by atoms with Gasteiger partial charge in [0.2, 0.25) is 0 Å². The van der Waals surface area contributed by atoms with Crippen molar-refractivity contribution in [1.82, 2.24) is 4.90 Å². The van der Waals surface area contributed by atoms with E-state index >= 15 is 0 Å². The number of benzene rings is 2. The Morgan fingerprint density at radius 3 is 2.38 bits per heavy atom. The number of nitriles is 1. The Morgan fingerprint density at radius 1 is 1.00 bits per heavy atom. The van der Waals surface area contributed by atoms with Crippen LogP contribution in [-0.4, -0.2) is 45.9 Å². The molecule has 0 radical (unpaired) electrons. The first-order valence-electron chi connectivity index (χ1n) is 8.29. The highest BCUT2D eigenvalue weighted by atomic mass is 19.1. The lowest BCUT2D eigenvalue weighted by molar-refractivity contribution is 0.232. The second kappa shape index (κ2) is 9.64. The van der Waals surface area contributed by atoms with Gasteiger partial charge < -0.3 is 19.1 Å². The van der Waals surface area contributed by atoms with E-state index in [-0.39, 0.29) is 11.3 Å². The average Bonchev–Trinajstić information content (AvgIpc) is 2.67. The van der Waals surface area contributed by atoms with Crippen molar-refractivity contribution in [3.05, 3.63) is 53.3 Å². The van der Waals surface area contributed by atoms with Gasteiger partial charge in [0.05, 0.1) is 25.9 Å². The number of ether oxygens (including phenoxy) is 3. The molecule has 0 atom stereocenters. The molecule has 0 heterocycles. The molecule has 0 aliphatic rings.